The van der Waals surface area contributed by atoms with Gasteiger partial charge in [0.2, 0.25) is 0 Å². The predicted molar refractivity (Wildman–Crippen MR) is 99.9 cm³/mol. The molecule has 0 spiro atoms. The van der Waals surface area contributed by atoms with Crippen molar-refractivity contribution in [2.45, 2.75) is 6.92 Å². The summed E-state index contributed by atoms with van der Waals surface area (Å²) < 4.78 is 5.11. The van der Waals surface area contributed by atoms with Crippen LogP contribution in [0.25, 0.3) is 11.3 Å². The molecule has 1 aromatic heterocycles. The molecule has 1 N–H and O–H groups in total. The van der Waals surface area contributed by atoms with Crippen molar-refractivity contribution < 1.29 is 14.5 Å². The lowest BCUT2D eigenvalue weighted by atomic mass is 10.1. The largest absolute Gasteiger partial charge is 0.462 e. The number of rotatable bonds is 6. The molecule has 0 fully saturated rings. The van der Waals surface area contributed by atoms with E-state index in [1.165, 1.54) is 23.5 Å². The number of nitrogens with one attached hydrogen (secondary N) is 1. The normalized spacial score (nSPS) is 10.3. The van der Waals surface area contributed by atoms with Gasteiger partial charge in [0.1, 0.15) is 4.88 Å². The van der Waals surface area contributed by atoms with Gasteiger partial charge in [-0.15, -0.1) is 0 Å². The summed E-state index contributed by atoms with van der Waals surface area (Å²) in [7, 11) is 0. The van der Waals surface area contributed by atoms with Gasteiger partial charge in [0.25, 0.3) is 5.69 Å². The second-order valence-corrected chi connectivity index (χ2v) is 6.21. The molecule has 0 unspecified atom stereocenters. The predicted octanol–water partition coefficient (Wildman–Crippen LogP) is 4.64. The molecule has 0 aliphatic rings. The van der Waals surface area contributed by atoms with E-state index >= 15 is 0 Å². The summed E-state index contributed by atoms with van der Waals surface area (Å²) in [6.07, 6.45) is 0. The van der Waals surface area contributed by atoms with E-state index < -0.39 is 10.9 Å². The van der Waals surface area contributed by atoms with E-state index in [4.69, 9.17) is 4.74 Å². The number of thiazole rings is 1. The number of anilines is 2. The van der Waals surface area contributed by atoms with Crippen LogP contribution < -0.4 is 5.32 Å². The van der Waals surface area contributed by atoms with Crippen LogP contribution in [-0.4, -0.2) is 22.5 Å². The van der Waals surface area contributed by atoms with Crippen molar-refractivity contribution in [3.63, 3.8) is 0 Å². The highest BCUT2D eigenvalue weighted by molar-refractivity contribution is 7.18. The third-order valence-electron chi connectivity index (χ3n) is 3.46. The Labute approximate surface area is 153 Å². The first kappa shape index (κ1) is 17.6. The monoisotopic (exact) mass is 369 g/mol. The molecule has 26 heavy (non-hydrogen) atoms. The van der Waals surface area contributed by atoms with Crippen molar-refractivity contribution in [3.8, 4) is 11.3 Å². The lowest BCUT2D eigenvalue weighted by molar-refractivity contribution is -0.384. The van der Waals surface area contributed by atoms with E-state index in [0.717, 1.165) is 5.69 Å². The molecule has 3 rings (SSSR count). The van der Waals surface area contributed by atoms with Crippen LogP contribution in [0.1, 0.15) is 16.6 Å². The molecule has 0 radical (unpaired) electrons. The maximum atomic E-state index is 12.3. The molecule has 1 heterocycles. The van der Waals surface area contributed by atoms with Gasteiger partial charge in [-0.25, -0.2) is 9.78 Å². The van der Waals surface area contributed by atoms with Gasteiger partial charge in [0.05, 0.1) is 17.2 Å². The van der Waals surface area contributed by atoms with E-state index in [-0.39, 0.29) is 12.3 Å². The van der Waals surface area contributed by atoms with Crippen LogP contribution in [0.2, 0.25) is 0 Å². The Morgan fingerprint density at radius 2 is 1.88 bits per heavy atom. The summed E-state index contributed by atoms with van der Waals surface area (Å²) in [5.41, 5.74) is 1.86. The summed E-state index contributed by atoms with van der Waals surface area (Å²) >= 11 is 1.18. The van der Waals surface area contributed by atoms with Crippen LogP contribution in [0.15, 0.2) is 54.6 Å². The minimum Gasteiger partial charge on any atom is -0.462 e. The number of nitrogens with zero attached hydrogens (tertiary/aromatic N) is 2. The molecule has 132 valence electrons. The highest BCUT2D eigenvalue weighted by Gasteiger charge is 2.21. The number of hydrogen-bond donors (Lipinski definition) is 1. The molecule has 0 aliphatic heterocycles. The average molecular weight is 369 g/mol. The third kappa shape index (κ3) is 3.86. The molecule has 3 aromatic rings. The third-order valence-corrected chi connectivity index (χ3v) is 4.42. The van der Waals surface area contributed by atoms with Crippen LogP contribution in [0.5, 0.6) is 0 Å². The van der Waals surface area contributed by atoms with Crippen LogP contribution >= 0.6 is 11.3 Å². The van der Waals surface area contributed by atoms with Gasteiger partial charge in [-0.2, -0.15) is 0 Å². The molecule has 0 saturated heterocycles. The smallest absolute Gasteiger partial charge is 0.350 e. The van der Waals surface area contributed by atoms with E-state index in [1.807, 2.05) is 30.3 Å². The van der Waals surface area contributed by atoms with Crippen LogP contribution in [0.4, 0.5) is 16.5 Å². The van der Waals surface area contributed by atoms with Crippen molar-refractivity contribution in [1.29, 1.82) is 0 Å². The highest BCUT2D eigenvalue weighted by atomic mass is 32.1. The standard InChI is InChI=1S/C18H15N3O4S/c1-2-25-17(22)16-15(12-8-10-14(11-9-12)21(23)24)20-18(26-16)19-13-6-4-3-5-7-13/h3-11H,2H2,1H3,(H,19,20). The molecule has 0 saturated carbocycles. The topological polar surface area (TPSA) is 94.4 Å². The molecule has 0 atom stereocenters. The molecule has 0 amide bonds. The number of esters is 1. The Morgan fingerprint density at radius 1 is 1.19 bits per heavy atom. The summed E-state index contributed by atoms with van der Waals surface area (Å²) in [4.78, 5) is 27.5. The molecule has 0 aliphatic carbocycles. The number of carbonyl (C=O) groups excluding carboxylic acids is 1. The number of nitro groups is 1. The summed E-state index contributed by atoms with van der Waals surface area (Å²) in [5, 5.41) is 14.5. The van der Waals surface area contributed by atoms with Gasteiger partial charge in [-0.05, 0) is 31.2 Å². The van der Waals surface area contributed by atoms with E-state index in [0.29, 0.717) is 21.3 Å². The minimum absolute atomic E-state index is 0.0238. The van der Waals surface area contributed by atoms with Gasteiger partial charge in [0, 0.05) is 23.4 Å². The lowest BCUT2D eigenvalue weighted by Gasteiger charge is -2.02. The molecule has 0 bridgehead atoms. The van der Waals surface area contributed by atoms with E-state index in [9.17, 15) is 14.9 Å². The zero-order chi connectivity index (χ0) is 18.5. The van der Waals surface area contributed by atoms with Crippen LogP contribution in [0.3, 0.4) is 0 Å². The van der Waals surface area contributed by atoms with Gasteiger partial charge in [-0.3, -0.25) is 10.1 Å². The quantitative estimate of drug-likeness (QED) is 0.386. The Morgan fingerprint density at radius 3 is 2.50 bits per heavy atom. The number of nitro benzene ring substituents is 1. The number of carbonyl (C=O) groups is 1. The first-order chi connectivity index (χ1) is 12.6. The molecule has 8 heteroatoms. The summed E-state index contributed by atoms with van der Waals surface area (Å²) in [5.74, 6) is -0.473. The number of aromatic nitrogens is 1. The number of benzene rings is 2. The van der Waals surface area contributed by atoms with Crippen molar-refractivity contribution in [3.05, 3.63) is 69.6 Å². The van der Waals surface area contributed by atoms with Crippen molar-refractivity contribution >= 4 is 33.8 Å². The van der Waals surface area contributed by atoms with Crippen molar-refractivity contribution in [2.75, 3.05) is 11.9 Å². The average Bonchev–Trinajstić information content (AvgIpc) is 3.07. The summed E-state index contributed by atoms with van der Waals surface area (Å²) in [6.45, 7) is 1.98. The first-order valence-corrected chi connectivity index (χ1v) is 8.65. The van der Waals surface area contributed by atoms with Crippen molar-refractivity contribution in [2.24, 2.45) is 0 Å². The second kappa shape index (κ2) is 7.75. The van der Waals surface area contributed by atoms with Gasteiger partial charge < -0.3 is 10.1 Å². The fourth-order valence-corrected chi connectivity index (χ4v) is 3.19. The number of ether oxygens (including phenoxy) is 1. The Kier molecular flexibility index (Phi) is 5.23. The highest BCUT2D eigenvalue weighted by Crippen LogP contribution is 2.34. The van der Waals surface area contributed by atoms with Gasteiger partial charge >= 0.3 is 5.97 Å². The summed E-state index contributed by atoms with van der Waals surface area (Å²) in [6, 6.07) is 15.4. The second-order valence-electron chi connectivity index (χ2n) is 5.21. The fourth-order valence-electron chi connectivity index (χ4n) is 2.29. The van der Waals surface area contributed by atoms with E-state index in [2.05, 4.69) is 10.3 Å². The number of hydrogen-bond acceptors (Lipinski definition) is 7. The van der Waals surface area contributed by atoms with Crippen molar-refractivity contribution in [1.82, 2.24) is 4.98 Å². The maximum Gasteiger partial charge on any atom is 0.350 e. The minimum atomic E-state index is -0.473. The number of non-ortho nitro benzene ring substituents is 1. The fraction of sp³-hybridized carbons (Fsp3) is 0.111. The van der Waals surface area contributed by atoms with Gasteiger partial charge in [-0.1, -0.05) is 29.5 Å². The molecule has 7 nitrogen and oxygen atoms in total. The maximum absolute atomic E-state index is 12.3. The lowest BCUT2D eigenvalue weighted by Crippen LogP contribution is -2.04. The Bertz CT molecular complexity index is 923. The zero-order valence-corrected chi connectivity index (χ0v) is 14.7. The number of para-hydroxylation sites is 1. The van der Waals surface area contributed by atoms with Crippen LogP contribution in [-0.2, 0) is 4.74 Å². The Hall–Kier alpha value is -3.26. The first-order valence-electron chi connectivity index (χ1n) is 7.83. The molecule has 2 aromatic carbocycles. The molecular formula is C18H15N3O4S. The van der Waals surface area contributed by atoms with E-state index in [1.54, 1.807) is 19.1 Å². The zero-order valence-electron chi connectivity index (χ0n) is 13.8. The SMILES string of the molecule is CCOC(=O)c1sc(Nc2ccccc2)nc1-c1ccc([N+](=O)[O-])cc1. The van der Waals surface area contributed by atoms with Gasteiger partial charge in [0.15, 0.2) is 5.13 Å². The Balaban J connectivity index is 1.98. The van der Waals surface area contributed by atoms with Crippen LogP contribution in [0, 0.1) is 10.1 Å². The molecular weight excluding hydrogens is 354 g/mol.